The van der Waals surface area contributed by atoms with Gasteiger partial charge in [0.05, 0.1) is 4.91 Å². The molecule has 0 N–H and O–H groups in total. The number of allylic oxidation sites excluding steroid dienone is 2. The lowest BCUT2D eigenvalue weighted by Gasteiger charge is -2.11. The number of hydrogen-bond acceptors (Lipinski definition) is 3. The maximum atomic E-state index is 12.3. The Hall–Kier alpha value is -1.81. The molecule has 0 radical (unpaired) electrons. The highest BCUT2D eigenvalue weighted by atomic mass is 32.2. The molecule has 1 aromatic carbocycles. The number of thioether (sulfide) groups is 1. The van der Waals surface area contributed by atoms with Gasteiger partial charge in [-0.05, 0) is 49.7 Å². The third kappa shape index (κ3) is 3.85. The molecule has 0 spiro atoms. The fourth-order valence-corrected chi connectivity index (χ4v) is 3.26. The van der Waals surface area contributed by atoms with Crippen molar-refractivity contribution >= 4 is 28.9 Å². The second kappa shape index (κ2) is 7.27. The number of hydrogen-bond donors (Lipinski definition) is 0. The SMILES string of the molecule is CCN=C1S/C(=C\C(C)=C\c2ccccc2)C(=O)N1CC. The van der Waals surface area contributed by atoms with Gasteiger partial charge in [-0.3, -0.25) is 14.7 Å². The highest BCUT2D eigenvalue weighted by Crippen LogP contribution is 2.31. The van der Waals surface area contributed by atoms with E-state index in [0.717, 1.165) is 21.2 Å². The monoisotopic (exact) mass is 300 g/mol. The number of nitrogens with zero attached hydrogens (tertiary/aromatic N) is 2. The van der Waals surface area contributed by atoms with Crippen LogP contribution in [0, 0.1) is 0 Å². The minimum atomic E-state index is 0.0514. The number of carbonyl (C=O) groups excluding carboxylic acids is 1. The van der Waals surface area contributed by atoms with Crippen LogP contribution in [0.25, 0.3) is 6.08 Å². The van der Waals surface area contributed by atoms with Crippen molar-refractivity contribution in [2.75, 3.05) is 13.1 Å². The van der Waals surface area contributed by atoms with Gasteiger partial charge < -0.3 is 0 Å². The summed E-state index contributed by atoms with van der Waals surface area (Å²) in [6.07, 6.45) is 4.02. The largest absolute Gasteiger partial charge is 0.287 e. The lowest BCUT2D eigenvalue weighted by molar-refractivity contribution is -0.122. The average Bonchev–Trinajstić information content (AvgIpc) is 2.76. The van der Waals surface area contributed by atoms with E-state index < -0.39 is 0 Å². The molecule has 2 rings (SSSR count). The average molecular weight is 300 g/mol. The molecule has 0 saturated carbocycles. The molecule has 0 atom stereocenters. The summed E-state index contributed by atoms with van der Waals surface area (Å²) in [6.45, 7) is 7.31. The first-order chi connectivity index (χ1) is 10.2. The van der Waals surface area contributed by atoms with Crippen molar-refractivity contribution in [1.82, 2.24) is 4.90 Å². The van der Waals surface area contributed by atoms with E-state index in [4.69, 9.17) is 0 Å². The predicted octanol–water partition coefficient (Wildman–Crippen LogP) is 3.95. The van der Waals surface area contributed by atoms with Crippen molar-refractivity contribution in [3.8, 4) is 0 Å². The molecule has 110 valence electrons. The summed E-state index contributed by atoms with van der Waals surface area (Å²) in [6, 6.07) is 10.1. The third-order valence-corrected chi connectivity index (χ3v) is 4.09. The standard InChI is InChI=1S/C17H20N2OS/c1-4-18-17-19(5-2)16(20)15(21-17)12-13(3)11-14-9-7-6-8-10-14/h6-12H,4-5H2,1-3H3/b13-11+,15-12-,18-17?. The molecular weight excluding hydrogens is 280 g/mol. The van der Waals surface area contributed by atoms with Gasteiger partial charge in [0.25, 0.3) is 5.91 Å². The molecule has 4 heteroatoms. The van der Waals surface area contributed by atoms with E-state index in [1.165, 1.54) is 11.8 Å². The van der Waals surface area contributed by atoms with Crippen LogP contribution >= 0.6 is 11.8 Å². The highest BCUT2D eigenvalue weighted by Gasteiger charge is 2.31. The first-order valence-electron chi connectivity index (χ1n) is 7.15. The van der Waals surface area contributed by atoms with Gasteiger partial charge in [0.15, 0.2) is 5.17 Å². The number of carbonyl (C=O) groups is 1. The molecule has 21 heavy (non-hydrogen) atoms. The van der Waals surface area contributed by atoms with Crippen molar-refractivity contribution < 1.29 is 4.79 Å². The van der Waals surface area contributed by atoms with Gasteiger partial charge in [-0.2, -0.15) is 0 Å². The molecule has 1 aliphatic rings. The minimum Gasteiger partial charge on any atom is -0.287 e. The van der Waals surface area contributed by atoms with Crippen LogP contribution in [0.4, 0.5) is 0 Å². The zero-order valence-corrected chi connectivity index (χ0v) is 13.5. The zero-order chi connectivity index (χ0) is 15.2. The zero-order valence-electron chi connectivity index (χ0n) is 12.7. The summed E-state index contributed by atoms with van der Waals surface area (Å²) in [5.74, 6) is 0.0514. The van der Waals surface area contributed by atoms with Crippen LogP contribution in [0.15, 0.2) is 51.9 Å². The van der Waals surface area contributed by atoms with E-state index in [1.807, 2.05) is 57.2 Å². The minimum absolute atomic E-state index is 0.0514. The number of amidine groups is 1. The van der Waals surface area contributed by atoms with E-state index in [1.54, 1.807) is 4.90 Å². The summed E-state index contributed by atoms with van der Waals surface area (Å²) in [5.41, 5.74) is 2.20. The molecule has 1 saturated heterocycles. The Labute approximate surface area is 130 Å². The molecular formula is C17H20N2OS. The van der Waals surface area contributed by atoms with Crippen molar-refractivity contribution in [2.24, 2.45) is 4.99 Å². The molecule has 0 aliphatic carbocycles. The van der Waals surface area contributed by atoms with Crippen LogP contribution in [-0.4, -0.2) is 29.1 Å². The van der Waals surface area contributed by atoms with Gasteiger partial charge in [0.1, 0.15) is 0 Å². The number of amides is 1. The van der Waals surface area contributed by atoms with E-state index >= 15 is 0 Å². The Morgan fingerprint density at radius 1 is 1.29 bits per heavy atom. The molecule has 1 fully saturated rings. The molecule has 1 amide bonds. The third-order valence-electron chi connectivity index (χ3n) is 3.05. The van der Waals surface area contributed by atoms with Crippen LogP contribution in [0.3, 0.4) is 0 Å². The normalized spacial score (nSPS) is 19.9. The number of rotatable bonds is 4. The van der Waals surface area contributed by atoms with Gasteiger partial charge in [0.2, 0.25) is 0 Å². The number of likely N-dealkylation sites (N-methyl/N-ethyl adjacent to an activating group) is 1. The van der Waals surface area contributed by atoms with Crippen molar-refractivity contribution in [3.63, 3.8) is 0 Å². The number of benzene rings is 1. The molecule has 1 aliphatic heterocycles. The summed E-state index contributed by atoms with van der Waals surface area (Å²) >= 11 is 1.46. The fourth-order valence-electron chi connectivity index (χ4n) is 2.10. The van der Waals surface area contributed by atoms with E-state index in [9.17, 15) is 4.79 Å². The lowest BCUT2D eigenvalue weighted by Crippen LogP contribution is -2.28. The van der Waals surface area contributed by atoms with Crippen molar-refractivity contribution in [1.29, 1.82) is 0 Å². The maximum Gasteiger partial charge on any atom is 0.266 e. The molecule has 1 heterocycles. The second-order valence-corrected chi connectivity index (χ2v) is 5.73. The maximum absolute atomic E-state index is 12.3. The van der Waals surface area contributed by atoms with Gasteiger partial charge in [-0.15, -0.1) is 0 Å². The molecule has 0 aromatic heterocycles. The van der Waals surface area contributed by atoms with E-state index in [2.05, 4.69) is 11.1 Å². The Morgan fingerprint density at radius 2 is 2.00 bits per heavy atom. The first kappa shape index (κ1) is 15.6. The van der Waals surface area contributed by atoms with E-state index in [-0.39, 0.29) is 5.91 Å². The Kier molecular flexibility index (Phi) is 5.39. The van der Waals surface area contributed by atoms with E-state index in [0.29, 0.717) is 13.1 Å². The Bertz CT molecular complexity index is 602. The van der Waals surface area contributed by atoms with Crippen LogP contribution in [0.1, 0.15) is 26.3 Å². The van der Waals surface area contributed by atoms with Crippen molar-refractivity contribution in [2.45, 2.75) is 20.8 Å². The van der Waals surface area contributed by atoms with Gasteiger partial charge in [-0.25, -0.2) is 0 Å². The van der Waals surface area contributed by atoms with Crippen LogP contribution in [-0.2, 0) is 4.79 Å². The summed E-state index contributed by atoms with van der Waals surface area (Å²) in [5, 5.41) is 0.809. The Morgan fingerprint density at radius 3 is 2.62 bits per heavy atom. The second-order valence-electron chi connectivity index (χ2n) is 4.72. The number of aliphatic imine (C=N–C) groups is 1. The smallest absolute Gasteiger partial charge is 0.266 e. The van der Waals surface area contributed by atoms with Crippen molar-refractivity contribution in [3.05, 3.63) is 52.4 Å². The van der Waals surface area contributed by atoms with Gasteiger partial charge in [0, 0.05) is 13.1 Å². The van der Waals surface area contributed by atoms with Crippen LogP contribution in [0.5, 0.6) is 0 Å². The summed E-state index contributed by atoms with van der Waals surface area (Å²) in [7, 11) is 0. The van der Waals surface area contributed by atoms with Gasteiger partial charge in [-0.1, -0.05) is 36.4 Å². The Balaban J connectivity index is 2.23. The summed E-state index contributed by atoms with van der Waals surface area (Å²) in [4.78, 5) is 19.2. The quantitative estimate of drug-likeness (QED) is 0.789. The fraction of sp³-hybridized carbons (Fsp3) is 0.294. The highest BCUT2D eigenvalue weighted by molar-refractivity contribution is 8.18. The topological polar surface area (TPSA) is 32.7 Å². The molecule has 0 bridgehead atoms. The first-order valence-corrected chi connectivity index (χ1v) is 7.96. The van der Waals surface area contributed by atoms with Crippen LogP contribution in [0.2, 0.25) is 0 Å². The summed E-state index contributed by atoms with van der Waals surface area (Å²) < 4.78 is 0. The molecule has 0 unspecified atom stereocenters. The van der Waals surface area contributed by atoms with Crippen LogP contribution < -0.4 is 0 Å². The van der Waals surface area contributed by atoms with Gasteiger partial charge >= 0.3 is 0 Å². The molecule has 3 nitrogen and oxygen atoms in total. The predicted molar refractivity (Wildman–Crippen MR) is 91.1 cm³/mol. The molecule has 1 aromatic rings. The lowest BCUT2D eigenvalue weighted by atomic mass is 10.1.